The molecular weight excluding hydrogens is 528 g/mol. The summed E-state index contributed by atoms with van der Waals surface area (Å²) in [6.45, 7) is 12.9. The van der Waals surface area contributed by atoms with Crippen molar-refractivity contribution >= 4 is 23.9 Å². The van der Waals surface area contributed by atoms with Gasteiger partial charge in [0.1, 0.15) is 18.3 Å². The van der Waals surface area contributed by atoms with Crippen molar-refractivity contribution in [3.8, 4) is 0 Å². The number of esters is 4. The molecule has 0 aromatic rings. The number of carbonyl (C=O) groups excluding carboxylic acids is 4. The number of aliphatic hydroxyl groups excluding tert-OH is 1. The summed E-state index contributed by atoms with van der Waals surface area (Å²) < 4.78 is 23.0. The van der Waals surface area contributed by atoms with E-state index in [1.54, 1.807) is 6.92 Å². The molecule has 0 heterocycles. The molecule has 0 radical (unpaired) electrons. The van der Waals surface area contributed by atoms with E-state index in [0.717, 1.165) is 38.5 Å². The summed E-state index contributed by atoms with van der Waals surface area (Å²) in [6, 6.07) is 0. The zero-order valence-electron chi connectivity index (χ0n) is 25.9. The van der Waals surface area contributed by atoms with Crippen molar-refractivity contribution in [2.45, 2.75) is 124 Å². The van der Waals surface area contributed by atoms with Gasteiger partial charge in [-0.2, -0.15) is 0 Å². The molecule has 9 nitrogen and oxygen atoms in total. The lowest BCUT2D eigenvalue weighted by Crippen LogP contribution is -2.63. The number of hydrogen-bond donors (Lipinski definition) is 1. The van der Waals surface area contributed by atoms with Crippen molar-refractivity contribution in [1.29, 1.82) is 0 Å². The molecule has 1 N–H and O–H groups in total. The zero-order valence-corrected chi connectivity index (χ0v) is 25.9. The van der Waals surface area contributed by atoms with Crippen molar-refractivity contribution in [1.82, 2.24) is 0 Å². The van der Waals surface area contributed by atoms with Crippen molar-refractivity contribution in [3.63, 3.8) is 0 Å². The highest BCUT2D eigenvalue weighted by molar-refractivity contribution is 5.74. The fraction of sp³-hybridized carbons (Fsp3) is 0.875. The van der Waals surface area contributed by atoms with Crippen LogP contribution in [0.1, 0.15) is 99.8 Å². The van der Waals surface area contributed by atoms with E-state index < -0.39 is 17.5 Å². The lowest BCUT2D eigenvalue weighted by Gasteiger charge is -2.64. The second kappa shape index (κ2) is 12.2. The van der Waals surface area contributed by atoms with Crippen LogP contribution in [0.2, 0.25) is 0 Å². The van der Waals surface area contributed by atoms with Gasteiger partial charge in [-0.3, -0.25) is 14.4 Å². The van der Waals surface area contributed by atoms with Gasteiger partial charge < -0.3 is 24.1 Å². The molecule has 0 saturated heterocycles. The molecule has 0 aromatic carbocycles. The van der Waals surface area contributed by atoms with Crippen LogP contribution in [0.25, 0.3) is 0 Å². The predicted molar refractivity (Wildman–Crippen MR) is 149 cm³/mol. The summed E-state index contributed by atoms with van der Waals surface area (Å²) in [5.41, 5.74) is -0.474. The number of rotatable bonds is 8. The number of aliphatic hydroxyl groups is 1. The van der Waals surface area contributed by atoms with Crippen molar-refractivity contribution in [3.05, 3.63) is 0 Å². The molecule has 9 heteroatoms. The summed E-state index contributed by atoms with van der Waals surface area (Å²) >= 11 is 0. The van der Waals surface area contributed by atoms with Gasteiger partial charge >= 0.3 is 23.9 Å². The molecule has 4 aliphatic rings. The quantitative estimate of drug-likeness (QED) is 0.325. The van der Waals surface area contributed by atoms with Gasteiger partial charge in [0.15, 0.2) is 6.10 Å². The Morgan fingerprint density at radius 3 is 2.15 bits per heavy atom. The maximum Gasteiger partial charge on any atom is 0.334 e. The average Bonchev–Trinajstić information content (AvgIpc) is 3.22. The third-order valence-corrected chi connectivity index (χ3v) is 11.6. The van der Waals surface area contributed by atoms with Crippen molar-refractivity contribution in [2.75, 3.05) is 6.61 Å². The van der Waals surface area contributed by atoms with Gasteiger partial charge in [-0.15, -0.1) is 0 Å². The molecule has 0 spiro atoms. The van der Waals surface area contributed by atoms with Crippen LogP contribution < -0.4 is 0 Å². The van der Waals surface area contributed by atoms with E-state index in [9.17, 15) is 24.3 Å². The summed E-state index contributed by atoms with van der Waals surface area (Å²) in [5, 5.41) is 10.6. The van der Waals surface area contributed by atoms with Crippen molar-refractivity contribution in [2.24, 2.45) is 46.3 Å². The predicted octanol–water partition coefficient (Wildman–Crippen LogP) is 4.61. The number of carbonyl (C=O) groups is 4. The van der Waals surface area contributed by atoms with Gasteiger partial charge in [0.05, 0.1) is 6.61 Å². The second-order valence-electron chi connectivity index (χ2n) is 13.7. The van der Waals surface area contributed by atoms with Crippen LogP contribution in [0.3, 0.4) is 0 Å². The van der Waals surface area contributed by atoms with Crippen LogP contribution in [0.15, 0.2) is 0 Å². The largest absolute Gasteiger partial charge is 0.464 e. The van der Waals surface area contributed by atoms with Gasteiger partial charge in [-0.25, -0.2) is 4.79 Å². The van der Waals surface area contributed by atoms with E-state index in [0.29, 0.717) is 6.42 Å². The minimum atomic E-state index is -1.20. The fourth-order valence-electron chi connectivity index (χ4n) is 9.97. The highest BCUT2D eigenvalue weighted by Crippen LogP contribution is 2.69. The molecule has 41 heavy (non-hydrogen) atoms. The third kappa shape index (κ3) is 6.02. The topological polar surface area (TPSA) is 125 Å². The SMILES string of the molecule is CCOC(=O)C(O)C[C@@H](C)[C@H]1CC[C@H]2[C@@H]3[C@H](OC(C)=O)C[C@@H]4C[C@H](OC(C)=O)CC[C@]4(C)[C@H]3C[C@H](OC(C)=O)[C@]12C. The van der Waals surface area contributed by atoms with Gasteiger partial charge in [-0.1, -0.05) is 20.8 Å². The van der Waals surface area contributed by atoms with Crippen LogP contribution in [0.4, 0.5) is 0 Å². The zero-order chi connectivity index (χ0) is 30.3. The highest BCUT2D eigenvalue weighted by atomic mass is 16.6. The van der Waals surface area contributed by atoms with E-state index in [2.05, 4.69) is 20.8 Å². The van der Waals surface area contributed by atoms with E-state index in [1.807, 2.05) is 0 Å². The fourth-order valence-corrected chi connectivity index (χ4v) is 9.97. The first-order valence-corrected chi connectivity index (χ1v) is 15.6. The Kier molecular flexibility index (Phi) is 9.46. The normalized spacial score (nSPS) is 41.1. The Morgan fingerprint density at radius 1 is 0.878 bits per heavy atom. The van der Waals surface area contributed by atoms with E-state index in [4.69, 9.17) is 18.9 Å². The lowest BCUT2D eigenvalue weighted by atomic mass is 9.43. The van der Waals surface area contributed by atoms with Crippen LogP contribution in [0, 0.1) is 46.3 Å². The molecule has 4 saturated carbocycles. The first-order chi connectivity index (χ1) is 19.2. The number of hydrogen-bond acceptors (Lipinski definition) is 9. The van der Waals surface area contributed by atoms with Gasteiger partial charge in [0.2, 0.25) is 0 Å². The molecule has 0 aliphatic heterocycles. The summed E-state index contributed by atoms with van der Waals surface area (Å²) in [5.74, 6) is -0.770. The number of ether oxygens (including phenoxy) is 4. The third-order valence-electron chi connectivity index (χ3n) is 11.6. The first kappa shape index (κ1) is 31.8. The summed E-state index contributed by atoms with van der Waals surface area (Å²) in [6.07, 6.45) is 3.92. The maximum absolute atomic E-state index is 12.5. The van der Waals surface area contributed by atoms with Crippen LogP contribution in [0.5, 0.6) is 0 Å². The number of fused-ring (bicyclic) bond motifs is 5. The van der Waals surface area contributed by atoms with Crippen molar-refractivity contribution < 1.29 is 43.2 Å². The molecule has 232 valence electrons. The molecule has 0 aromatic heterocycles. The van der Waals surface area contributed by atoms with Gasteiger partial charge in [0, 0.05) is 32.1 Å². The highest BCUT2D eigenvalue weighted by Gasteiger charge is 2.67. The minimum Gasteiger partial charge on any atom is -0.464 e. The Balaban J connectivity index is 1.69. The molecule has 0 amide bonds. The Labute approximate surface area is 244 Å². The molecule has 4 rings (SSSR count). The van der Waals surface area contributed by atoms with E-state index in [1.165, 1.54) is 20.8 Å². The molecule has 4 aliphatic carbocycles. The Morgan fingerprint density at radius 2 is 1.54 bits per heavy atom. The maximum atomic E-state index is 12.5. The van der Waals surface area contributed by atoms with Crippen LogP contribution in [-0.2, 0) is 38.1 Å². The molecule has 4 fully saturated rings. The van der Waals surface area contributed by atoms with E-state index in [-0.39, 0.29) is 90.2 Å². The summed E-state index contributed by atoms with van der Waals surface area (Å²) in [7, 11) is 0. The Hall–Kier alpha value is -2.16. The Bertz CT molecular complexity index is 1010. The molecule has 1 unspecified atom stereocenters. The molecule has 12 atom stereocenters. The standard InChI is InChI=1S/C32H50O9/c1-8-38-30(37)26(36)13-17(2)23-9-10-24-29-25(16-28(32(23,24)7)41-20(5)35)31(6)12-11-22(39-18(3)33)14-21(31)15-27(29)40-19(4)34/h17,21-29,36H,8-16H2,1-7H3/t17-,21+,22-,23-,24+,25+,26?,27-,28+,29+,31+,32-/m1/s1. The van der Waals surface area contributed by atoms with Gasteiger partial charge in [0.25, 0.3) is 0 Å². The minimum absolute atomic E-state index is 0.0164. The molecule has 0 bridgehead atoms. The second-order valence-corrected chi connectivity index (χ2v) is 13.7. The lowest BCUT2D eigenvalue weighted by molar-refractivity contribution is -0.224. The smallest absolute Gasteiger partial charge is 0.334 e. The van der Waals surface area contributed by atoms with Crippen LogP contribution in [-0.4, -0.2) is 60.0 Å². The monoisotopic (exact) mass is 578 g/mol. The van der Waals surface area contributed by atoms with Crippen LogP contribution >= 0.6 is 0 Å². The van der Waals surface area contributed by atoms with Gasteiger partial charge in [-0.05, 0) is 93.3 Å². The first-order valence-electron chi connectivity index (χ1n) is 15.6. The average molecular weight is 579 g/mol. The summed E-state index contributed by atoms with van der Waals surface area (Å²) in [4.78, 5) is 48.9. The molecular formula is C32H50O9. The van der Waals surface area contributed by atoms with E-state index >= 15 is 0 Å².